The van der Waals surface area contributed by atoms with Gasteiger partial charge in [0.25, 0.3) is 5.91 Å². The van der Waals surface area contributed by atoms with Crippen LogP contribution in [0.15, 0.2) is 66.7 Å². The summed E-state index contributed by atoms with van der Waals surface area (Å²) in [5.41, 5.74) is 1.58. The molecule has 6 nitrogen and oxygen atoms in total. The first-order valence-electron chi connectivity index (χ1n) is 9.05. The van der Waals surface area contributed by atoms with E-state index < -0.39 is 11.8 Å². The van der Waals surface area contributed by atoms with Gasteiger partial charge in [0.1, 0.15) is 23.9 Å². The van der Waals surface area contributed by atoms with Crippen LogP contribution in [0, 0.1) is 5.82 Å². The Morgan fingerprint density at radius 3 is 2.10 bits per heavy atom. The minimum atomic E-state index is -0.781. The third kappa shape index (κ3) is 5.14. The molecule has 0 aliphatic carbocycles. The molecule has 0 atom stereocenters. The molecule has 3 aromatic carbocycles. The van der Waals surface area contributed by atoms with Crippen molar-refractivity contribution in [3.8, 4) is 11.5 Å². The first-order chi connectivity index (χ1) is 14.5. The highest BCUT2D eigenvalue weighted by atomic mass is 19.1. The first-order valence-corrected chi connectivity index (χ1v) is 9.05. The molecule has 7 heteroatoms. The summed E-state index contributed by atoms with van der Waals surface area (Å²) in [7, 11) is 2.98. The van der Waals surface area contributed by atoms with Crippen molar-refractivity contribution in [2.45, 2.75) is 6.61 Å². The summed E-state index contributed by atoms with van der Waals surface area (Å²) in [5.74, 6) is -0.764. The van der Waals surface area contributed by atoms with E-state index in [2.05, 4.69) is 5.32 Å². The van der Waals surface area contributed by atoms with E-state index in [1.165, 1.54) is 19.2 Å². The molecule has 0 radical (unpaired) electrons. The second-order valence-corrected chi connectivity index (χ2v) is 6.30. The molecule has 0 saturated carbocycles. The Kier molecular flexibility index (Phi) is 6.64. The number of halogens is 1. The Morgan fingerprint density at radius 1 is 0.867 bits per heavy atom. The largest absolute Gasteiger partial charge is 0.497 e. The minimum Gasteiger partial charge on any atom is -0.497 e. The average molecular weight is 409 g/mol. The highest BCUT2D eigenvalue weighted by Crippen LogP contribution is 2.18. The van der Waals surface area contributed by atoms with Gasteiger partial charge in [-0.3, -0.25) is 4.79 Å². The number of benzene rings is 3. The zero-order valence-electron chi connectivity index (χ0n) is 16.5. The van der Waals surface area contributed by atoms with E-state index in [0.717, 1.165) is 6.07 Å². The highest BCUT2D eigenvalue weighted by Gasteiger charge is 2.14. The van der Waals surface area contributed by atoms with Gasteiger partial charge < -0.3 is 19.5 Å². The van der Waals surface area contributed by atoms with Gasteiger partial charge in [0.2, 0.25) is 0 Å². The number of methoxy groups -OCH3 is 2. The molecule has 0 heterocycles. The molecule has 0 fully saturated rings. The molecule has 0 aromatic heterocycles. The topological polar surface area (TPSA) is 73.9 Å². The van der Waals surface area contributed by atoms with E-state index in [-0.39, 0.29) is 18.1 Å². The number of amides is 1. The van der Waals surface area contributed by atoms with Gasteiger partial charge in [0, 0.05) is 17.3 Å². The fourth-order valence-electron chi connectivity index (χ4n) is 2.64. The van der Waals surface area contributed by atoms with Crippen LogP contribution < -0.4 is 14.8 Å². The van der Waals surface area contributed by atoms with Crippen LogP contribution >= 0.6 is 0 Å². The Morgan fingerprint density at radius 2 is 1.50 bits per heavy atom. The molecule has 0 unspecified atom stereocenters. The predicted octanol–water partition coefficient (Wildman–Crippen LogP) is 4.45. The van der Waals surface area contributed by atoms with Crippen molar-refractivity contribution in [1.82, 2.24) is 0 Å². The molecule has 0 aliphatic heterocycles. The lowest BCUT2D eigenvalue weighted by molar-refractivity contribution is 0.0467. The lowest BCUT2D eigenvalue weighted by Crippen LogP contribution is -2.12. The fourth-order valence-corrected chi connectivity index (χ4v) is 2.64. The summed E-state index contributed by atoms with van der Waals surface area (Å²) in [5, 5.41) is 2.78. The quantitative estimate of drug-likeness (QED) is 0.584. The zero-order chi connectivity index (χ0) is 21.5. The third-order valence-corrected chi connectivity index (χ3v) is 4.33. The number of hydrogen-bond donors (Lipinski definition) is 1. The average Bonchev–Trinajstić information content (AvgIpc) is 2.78. The minimum absolute atomic E-state index is 0.0509. The maximum Gasteiger partial charge on any atom is 0.341 e. The van der Waals surface area contributed by atoms with Crippen LogP contribution in [0.4, 0.5) is 10.1 Å². The molecule has 0 spiro atoms. The second-order valence-electron chi connectivity index (χ2n) is 6.30. The number of rotatable bonds is 7. The van der Waals surface area contributed by atoms with Gasteiger partial charge in [0.05, 0.1) is 19.8 Å². The molecule has 0 saturated heterocycles. The van der Waals surface area contributed by atoms with Gasteiger partial charge >= 0.3 is 5.97 Å². The van der Waals surface area contributed by atoms with Crippen LogP contribution in [-0.2, 0) is 11.3 Å². The van der Waals surface area contributed by atoms with Gasteiger partial charge in [-0.25, -0.2) is 9.18 Å². The number of hydrogen-bond acceptors (Lipinski definition) is 5. The van der Waals surface area contributed by atoms with Gasteiger partial charge in [-0.1, -0.05) is 12.1 Å². The summed E-state index contributed by atoms with van der Waals surface area (Å²) >= 11 is 0. The number of carbonyl (C=O) groups is 2. The van der Waals surface area contributed by atoms with Crippen molar-refractivity contribution >= 4 is 17.6 Å². The van der Waals surface area contributed by atoms with Crippen molar-refractivity contribution in [2.75, 3.05) is 19.5 Å². The summed E-state index contributed by atoms with van der Waals surface area (Å²) < 4.78 is 29.1. The van der Waals surface area contributed by atoms with Gasteiger partial charge in [-0.15, -0.1) is 0 Å². The highest BCUT2D eigenvalue weighted by molar-refractivity contribution is 6.04. The summed E-state index contributed by atoms with van der Waals surface area (Å²) in [6.07, 6.45) is 0. The molecule has 1 N–H and O–H groups in total. The molecule has 0 bridgehead atoms. The Bertz CT molecular complexity index is 1030. The lowest BCUT2D eigenvalue weighted by Gasteiger charge is -2.09. The molecule has 3 aromatic rings. The Balaban J connectivity index is 1.57. The Hall–Kier alpha value is -3.87. The molecule has 3 rings (SSSR count). The number of carbonyl (C=O) groups excluding carboxylic acids is 2. The van der Waals surface area contributed by atoms with E-state index in [1.54, 1.807) is 55.6 Å². The lowest BCUT2D eigenvalue weighted by atomic mass is 10.1. The number of esters is 1. The second kappa shape index (κ2) is 9.56. The third-order valence-electron chi connectivity index (χ3n) is 4.33. The van der Waals surface area contributed by atoms with Gasteiger partial charge in [0.15, 0.2) is 0 Å². The van der Waals surface area contributed by atoms with Crippen LogP contribution in [0.2, 0.25) is 0 Å². The summed E-state index contributed by atoms with van der Waals surface area (Å²) in [6, 6.07) is 17.5. The first kappa shape index (κ1) is 20.9. The molecular weight excluding hydrogens is 389 g/mol. The van der Waals surface area contributed by atoms with Crippen LogP contribution in [0.3, 0.4) is 0 Å². The normalized spacial score (nSPS) is 10.2. The zero-order valence-corrected chi connectivity index (χ0v) is 16.5. The summed E-state index contributed by atoms with van der Waals surface area (Å²) in [4.78, 5) is 24.4. The molecular formula is C23H20FNO5. The Labute approximate surface area is 173 Å². The molecule has 30 heavy (non-hydrogen) atoms. The van der Waals surface area contributed by atoms with Crippen LogP contribution in [0.25, 0.3) is 0 Å². The molecule has 154 valence electrons. The van der Waals surface area contributed by atoms with Crippen molar-refractivity contribution in [1.29, 1.82) is 0 Å². The monoisotopic (exact) mass is 409 g/mol. The van der Waals surface area contributed by atoms with Gasteiger partial charge in [-0.2, -0.15) is 0 Å². The van der Waals surface area contributed by atoms with Crippen molar-refractivity contribution in [3.05, 3.63) is 89.2 Å². The number of nitrogens with one attached hydrogen (secondary N) is 1. The maximum absolute atomic E-state index is 13.9. The molecule has 0 aliphatic rings. The van der Waals surface area contributed by atoms with E-state index in [1.807, 2.05) is 0 Å². The van der Waals surface area contributed by atoms with Crippen LogP contribution in [0.1, 0.15) is 26.3 Å². The standard InChI is InChI=1S/C23H20FNO5/c1-28-18-9-7-17(8-10-18)25-22(26)16-5-3-15(4-6-16)14-30-23(27)20-12-11-19(29-2)13-21(20)24/h3-13H,14H2,1-2H3,(H,25,26). The van der Waals surface area contributed by atoms with E-state index in [9.17, 15) is 14.0 Å². The van der Waals surface area contributed by atoms with E-state index >= 15 is 0 Å². The smallest absolute Gasteiger partial charge is 0.341 e. The predicted molar refractivity (Wildman–Crippen MR) is 109 cm³/mol. The van der Waals surface area contributed by atoms with Crippen LogP contribution in [0.5, 0.6) is 11.5 Å². The molecule has 1 amide bonds. The number of anilines is 1. The van der Waals surface area contributed by atoms with Crippen molar-refractivity contribution < 1.29 is 28.2 Å². The maximum atomic E-state index is 13.9. The van der Waals surface area contributed by atoms with Crippen molar-refractivity contribution in [2.24, 2.45) is 0 Å². The fraction of sp³-hybridized carbons (Fsp3) is 0.130. The van der Waals surface area contributed by atoms with Crippen LogP contribution in [-0.4, -0.2) is 26.1 Å². The SMILES string of the molecule is COc1ccc(NC(=O)c2ccc(COC(=O)c3ccc(OC)cc3F)cc2)cc1. The van der Waals surface area contributed by atoms with Gasteiger partial charge in [-0.05, 0) is 54.1 Å². The number of ether oxygens (including phenoxy) is 3. The van der Waals surface area contributed by atoms with E-state index in [0.29, 0.717) is 28.3 Å². The van der Waals surface area contributed by atoms with Crippen molar-refractivity contribution in [3.63, 3.8) is 0 Å². The summed E-state index contributed by atoms with van der Waals surface area (Å²) in [6.45, 7) is -0.0509. The van der Waals surface area contributed by atoms with E-state index in [4.69, 9.17) is 14.2 Å².